The van der Waals surface area contributed by atoms with E-state index in [1.54, 1.807) is 11.3 Å². The zero-order chi connectivity index (χ0) is 14.5. The van der Waals surface area contributed by atoms with Crippen molar-refractivity contribution in [1.29, 1.82) is 0 Å². The van der Waals surface area contributed by atoms with Gasteiger partial charge >= 0.3 is 0 Å². The molecule has 4 nitrogen and oxygen atoms in total. The highest BCUT2D eigenvalue weighted by atomic mass is 32.1. The third-order valence-electron chi connectivity index (χ3n) is 3.62. The Kier molecular flexibility index (Phi) is 4.50. The van der Waals surface area contributed by atoms with Crippen molar-refractivity contribution in [3.8, 4) is 5.75 Å². The summed E-state index contributed by atoms with van der Waals surface area (Å²) in [7, 11) is 0. The summed E-state index contributed by atoms with van der Waals surface area (Å²) >= 11 is 1.60. The number of carbonyl (C=O) groups is 1. The first-order valence-electron chi connectivity index (χ1n) is 7.20. The zero-order valence-corrected chi connectivity index (χ0v) is 12.6. The summed E-state index contributed by atoms with van der Waals surface area (Å²) in [5, 5.41) is 5.07. The Bertz CT molecular complexity index is 581. The highest BCUT2D eigenvalue weighted by Gasteiger charge is 2.19. The average Bonchev–Trinajstić information content (AvgIpc) is 3.01. The van der Waals surface area contributed by atoms with Gasteiger partial charge in [-0.2, -0.15) is 0 Å². The maximum Gasteiger partial charge on any atom is 0.220 e. The standard InChI is InChI=1S/C16H18N2O2S/c19-16-3-1-2-15(18-16)12-4-6-14(7-5-12)20-9-8-13-10-21-11-17-13/h4-7,10-11,15H,1-3,8-9H2,(H,18,19). The summed E-state index contributed by atoms with van der Waals surface area (Å²) in [6, 6.07) is 8.16. The second-order valence-electron chi connectivity index (χ2n) is 5.16. The van der Waals surface area contributed by atoms with Gasteiger partial charge < -0.3 is 10.1 Å². The first-order chi connectivity index (χ1) is 10.3. The molecule has 1 fully saturated rings. The Hall–Kier alpha value is -1.88. The molecular formula is C16H18N2O2S. The van der Waals surface area contributed by atoms with Crippen LogP contribution in [0.15, 0.2) is 35.2 Å². The van der Waals surface area contributed by atoms with Crippen LogP contribution < -0.4 is 10.1 Å². The van der Waals surface area contributed by atoms with Gasteiger partial charge in [0.25, 0.3) is 0 Å². The Balaban J connectivity index is 1.52. The van der Waals surface area contributed by atoms with E-state index in [0.717, 1.165) is 36.3 Å². The summed E-state index contributed by atoms with van der Waals surface area (Å²) in [4.78, 5) is 15.7. The lowest BCUT2D eigenvalue weighted by molar-refractivity contribution is -0.123. The fraction of sp³-hybridized carbons (Fsp3) is 0.375. The quantitative estimate of drug-likeness (QED) is 0.923. The second kappa shape index (κ2) is 6.72. The molecule has 0 spiro atoms. The van der Waals surface area contributed by atoms with Crippen LogP contribution in [0.5, 0.6) is 5.75 Å². The molecule has 1 N–H and O–H groups in total. The first-order valence-corrected chi connectivity index (χ1v) is 8.15. The molecule has 1 aliphatic heterocycles. The number of piperidine rings is 1. The van der Waals surface area contributed by atoms with Crippen molar-refractivity contribution in [3.05, 3.63) is 46.4 Å². The number of nitrogens with one attached hydrogen (secondary N) is 1. The molecule has 1 aromatic heterocycles. The Morgan fingerprint density at radius 3 is 2.90 bits per heavy atom. The van der Waals surface area contributed by atoms with Crippen LogP contribution in [0.4, 0.5) is 0 Å². The lowest BCUT2D eigenvalue weighted by Gasteiger charge is -2.23. The minimum atomic E-state index is 0.148. The smallest absolute Gasteiger partial charge is 0.220 e. The number of thiazole rings is 1. The molecule has 1 aliphatic rings. The van der Waals surface area contributed by atoms with Crippen LogP contribution >= 0.6 is 11.3 Å². The summed E-state index contributed by atoms with van der Waals surface area (Å²) in [6.07, 6.45) is 3.44. The number of aromatic nitrogens is 1. The van der Waals surface area contributed by atoms with Gasteiger partial charge in [-0.25, -0.2) is 4.98 Å². The molecule has 1 atom stereocenters. The molecule has 3 rings (SSSR count). The fourth-order valence-corrected chi connectivity index (χ4v) is 3.08. The molecule has 1 saturated heterocycles. The van der Waals surface area contributed by atoms with Crippen LogP contribution in [-0.4, -0.2) is 17.5 Å². The van der Waals surface area contributed by atoms with E-state index in [-0.39, 0.29) is 11.9 Å². The number of amides is 1. The van der Waals surface area contributed by atoms with Gasteiger partial charge in [0.15, 0.2) is 0 Å². The van der Waals surface area contributed by atoms with Gasteiger partial charge in [-0.05, 0) is 30.5 Å². The molecule has 0 bridgehead atoms. The first kappa shape index (κ1) is 14.1. The maximum absolute atomic E-state index is 11.4. The van der Waals surface area contributed by atoms with Gasteiger partial charge in [-0.3, -0.25) is 4.79 Å². The molecule has 21 heavy (non-hydrogen) atoms. The number of benzene rings is 1. The third kappa shape index (κ3) is 3.82. The molecule has 1 aromatic carbocycles. The van der Waals surface area contributed by atoms with E-state index in [1.165, 1.54) is 0 Å². The fourth-order valence-electron chi connectivity index (χ4n) is 2.49. The number of carbonyl (C=O) groups excluding carboxylic acids is 1. The molecule has 0 radical (unpaired) electrons. The average molecular weight is 302 g/mol. The van der Waals surface area contributed by atoms with E-state index in [9.17, 15) is 4.79 Å². The molecule has 0 aliphatic carbocycles. The third-order valence-corrected chi connectivity index (χ3v) is 4.26. The minimum Gasteiger partial charge on any atom is -0.493 e. The molecule has 1 amide bonds. The molecule has 110 valence electrons. The predicted octanol–water partition coefficient (Wildman–Crippen LogP) is 3.11. The van der Waals surface area contributed by atoms with Crippen LogP contribution in [0.3, 0.4) is 0 Å². The van der Waals surface area contributed by atoms with Crippen LogP contribution in [-0.2, 0) is 11.2 Å². The predicted molar refractivity (Wildman–Crippen MR) is 82.5 cm³/mol. The van der Waals surface area contributed by atoms with Crippen LogP contribution in [0.25, 0.3) is 0 Å². The highest BCUT2D eigenvalue weighted by molar-refractivity contribution is 7.07. The lowest BCUT2D eigenvalue weighted by atomic mass is 9.97. The Morgan fingerprint density at radius 2 is 2.19 bits per heavy atom. The van der Waals surface area contributed by atoms with Crippen LogP contribution in [0, 0.1) is 0 Å². The van der Waals surface area contributed by atoms with E-state index >= 15 is 0 Å². The number of ether oxygens (including phenoxy) is 1. The molecule has 2 heterocycles. The van der Waals surface area contributed by atoms with Gasteiger partial charge in [0.05, 0.1) is 23.9 Å². The Labute approximate surface area is 128 Å². The van der Waals surface area contributed by atoms with Gasteiger partial charge in [0.1, 0.15) is 5.75 Å². The number of hydrogen-bond acceptors (Lipinski definition) is 4. The van der Waals surface area contributed by atoms with E-state index in [4.69, 9.17) is 4.74 Å². The van der Waals surface area contributed by atoms with Crippen molar-refractivity contribution in [2.45, 2.75) is 31.7 Å². The zero-order valence-electron chi connectivity index (χ0n) is 11.7. The van der Waals surface area contributed by atoms with Gasteiger partial charge in [-0.15, -0.1) is 11.3 Å². The van der Waals surface area contributed by atoms with Gasteiger partial charge in [0, 0.05) is 18.2 Å². The van der Waals surface area contributed by atoms with E-state index < -0.39 is 0 Å². The topological polar surface area (TPSA) is 51.2 Å². The van der Waals surface area contributed by atoms with Crippen LogP contribution in [0.2, 0.25) is 0 Å². The highest BCUT2D eigenvalue weighted by Crippen LogP contribution is 2.25. The van der Waals surface area contributed by atoms with Crippen molar-refractivity contribution < 1.29 is 9.53 Å². The van der Waals surface area contributed by atoms with E-state index in [1.807, 2.05) is 35.2 Å². The SMILES string of the molecule is O=C1CCCC(c2ccc(OCCc3cscn3)cc2)N1. The van der Waals surface area contributed by atoms with E-state index in [2.05, 4.69) is 10.3 Å². The number of rotatable bonds is 5. The normalized spacial score (nSPS) is 18.3. The molecule has 2 aromatic rings. The summed E-state index contributed by atoms with van der Waals surface area (Å²) in [6.45, 7) is 0.628. The van der Waals surface area contributed by atoms with Crippen molar-refractivity contribution >= 4 is 17.2 Å². The molecule has 1 unspecified atom stereocenters. The largest absolute Gasteiger partial charge is 0.493 e. The molecular weight excluding hydrogens is 284 g/mol. The van der Waals surface area contributed by atoms with Crippen molar-refractivity contribution in [1.82, 2.24) is 10.3 Å². The summed E-state index contributed by atoms with van der Waals surface area (Å²) in [5.74, 6) is 1.01. The maximum atomic E-state index is 11.4. The van der Waals surface area contributed by atoms with Gasteiger partial charge in [0.2, 0.25) is 5.91 Å². The Morgan fingerprint density at radius 1 is 1.33 bits per heavy atom. The van der Waals surface area contributed by atoms with Gasteiger partial charge in [-0.1, -0.05) is 12.1 Å². The van der Waals surface area contributed by atoms with Crippen molar-refractivity contribution in [2.24, 2.45) is 0 Å². The summed E-state index contributed by atoms with van der Waals surface area (Å²) < 4.78 is 5.72. The monoisotopic (exact) mass is 302 g/mol. The summed E-state index contributed by atoms with van der Waals surface area (Å²) in [5.41, 5.74) is 4.05. The number of nitrogens with zero attached hydrogens (tertiary/aromatic N) is 1. The van der Waals surface area contributed by atoms with Crippen LogP contribution in [0.1, 0.15) is 36.6 Å². The van der Waals surface area contributed by atoms with Crippen molar-refractivity contribution in [2.75, 3.05) is 6.61 Å². The molecule has 0 saturated carbocycles. The lowest BCUT2D eigenvalue weighted by Crippen LogP contribution is -2.32. The number of hydrogen-bond donors (Lipinski definition) is 1. The van der Waals surface area contributed by atoms with E-state index in [0.29, 0.717) is 13.0 Å². The van der Waals surface area contributed by atoms with Crippen molar-refractivity contribution in [3.63, 3.8) is 0 Å². The minimum absolute atomic E-state index is 0.148. The second-order valence-corrected chi connectivity index (χ2v) is 5.88. The molecule has 5 heteroatoms.